The number of rotatable bonds is 11. The van der Waals surface area contributed by atoms with Gasteiger partial charge in [-0.15, -0.1) is 0 Å². The van der Waals surface area contributed by atoms with Crippen molar-refractivity contribution in [3.63, 3.8) is 0 Å². The molecular formula is C35H42F3N5O5. The van der Waals surface area contributed by atoms with E-state index in [0.717, 1.165) is 5.56 Å². The van der Waals surface area contributed by atoms with E-state index in [1.807, 2.05) is 26.1 Å². The van der Waals surface area contributed by atoms with E-state index in [4.69, 9.17) is 10.5 Å². The maximum atomic E-state index is 13.4. The molecule has 48 heavy (non-hydrogen) atoms. The fourth-order valence-corrected chi connectivity index (χ4v) is 5.45. The molecule has 0 bridgehead atoms. The van der Waals surface area contributed by atoms with E-state index in [9.17, 15) is 32.7 Å². The third-order valence-electron chi connectivity index (χ3n) is 8.21. The minimum Gasteiger partial charge on any atom is -0.488 e. The van der Waals surface area contributed by atoms with Gasteiger partial charge in [-0.25, -0.2) is 0 Å². The fourth-order valence-electron chi connectivity index (χ4n) is 5.45. The fraction of sp³-hybridized carbons (Fsp3) is 0.400. The number of benzene rings is 3. The molecule has 0 fully saturated rings. The minimum absolute atomic E-state index is 0.0853. The number of carbonyl (C=O) groups is 3. The SMILES string of the molecule is C[C@@H]1CN([C@@H](C)CO)C(=O)Cc2cc(NC(=O)CCC(F)(F)F)ccc2O[C@H]1CN(C)Cc1ccc(C(=O)Nc2ccccc2N)cc1. The Morgan fingerprint density at radius 1 is 1.10 bits per heavy atom. The second kappa shape index (κ2) is 16.0. The first kappa shape index (κ1) is 36.2. The van der Waals surface area contributed by atoms with Gasteiger partial charge in [0.1, 0.15) is 11.9 Å². The van der Waals surface area contributed by atoms with Crippen LogP contribution >= 0.6 is 0 Å². The molecule has 0 aromatic heterocycles. The summed E-state index contributed by atoms with van der Waals surface area (Å²) in [6.45, 7) is 4.80. The Morgan fingerprint density at radius 3 is 2.48 bits per heavy atom. The molecule has 5 N–H and O–H groups in total. The van der Waals surface area contributed by atoms with Crippen molar-refractivity contribution >= 4 is 34.8 Å². The van der Waals surface area contributed by atoms with Crippen LogP contribution in [0.5, 0.6) is 5.75 Å². The van der Waals surface area contributed by atoms with E-state index in [1.54, 1.807) is 60.4 Å². The highest BCUT2D eigenvalue weighted by atomic mass is 19.4. The van der Waals surface area contributed by atoms with Crippen LogP contribution in [0.15, 0.2) is 66.7 Å². The topological polar surface area (TPSA) is 137 Å². The molecule has 3 aromatic carbocycles. The lowest BCUT2D eigenvalue weighted by molar-refractivity contribution is -0.142. The first-order valence-electron chi connectivity index (χ1n) is 15.7. The van der Waals surface area contributed by atoms with Gasteiger partial charge in [-0.3, -0.25) is 19.3 Å². The summed E-state index contributed by atoms with van der Waals surface area (Å²) in [5.74, 6) is -1.05. The Kier molecular flexibility index (Phi) is 12.1. The molecule has 1 heterocycles. The van der Waals surface area contributed by atoms with Crippen LogP contribution in [-0.4, -0.2) is 77.7 Å². The molecule has 1 aliphatic rings. The summed E-state index contributed by atoms with van der Waals surface area (Å²) in [5.41, 5.74) is 9.11. The van der Waals surface area contributed by atoms with Crippen LogP contribution < -0.4 is 21.1 Å². The summed E-state index contributed by atoms with van der Waals surface area (Å²) in [7, 11) is 1.93. The number of hydrogen-bond acceptors (Lipinski definition) is 7. The van der Waals surface area contributed by atoms with Gasteiger partial charge in [-0.2, -0.15) is 13.2 Å². The van der Waals surface area contributed by atoms with Crippen LogP contribution in [0.25, 0.3) is 0 Å². The van der Waals surface area contributed by atoms with Gasteiger partial charge in [0.15, 0.2) is 0 Å². The zero-order valence-corrected chi connectivity index (χ0v) is 27.2. The van der Waals surface area contributed by atoms with Gasteiger partial charge in [0.25, 0.3) is 5.91 Å². The van der Waals surface area contributed by atoms with E-state index >= 15 is 0 Å². The molecule has 0 saturated carbocycles. The van der Waals surface area contributed by atoms with Crippen LogP contribution in [0.4, 0.5) is 30.2 Å². The zero-order valence-electron chi connectivity index (χ0n) is 27.2. The number of nitrogens with two attached hydrogens (primary N) is 1. The van der Waals surface area contributed by atoms with Gasteiger partial charge < -0.3 is 31.1 Å². The van der Waals surface area contributed by atoms with Crippen molar-refractivity contribution in [2.45, 2.75) is 58.0 Å². The molecule has 10 nitrogen and oxygen atoms in total. The van der Waals surface area contributed by atoms with Gasteiger partial charge in [0.05, 0.1) is 36.9 Å². The number of nitrogens with zero attached hydrogens (tertiary/aromatic N) is 2. The molecule has 0 aliphatic carbocycles. The van der Waals surface area contributed by atoms with Crippen molar-refractivity contribution in [2.24, 2.45) is 5.92 Å². The lowest BCUT2D eigenvalue weighted by Gasteiger charge is -2.34. The van der Waals surface area contributed by atoms with Crippen molar-refractivity contribution in [2.75, 3.05) is 43.1 Å². The highest BCUT2D eigenvalue weighted by Crippen LogP contribution is 2.30. The molecule has 3 atom stereocenters. The smallest absolute Gasteiger partial charge is 0.389 e. The van der Waals surface area contributed by atoms with E-state index in [2.05, 4.69) is 15.5 Å². The van der Waals surface area contributed by atoms with Gasteiger partial charge >= 0.3 is 6.18 Å². The quantitative estimate of drug-likeness (QED) is 0.209. The number of alkyl halides is 3. The third kappa shape index (κ3) is 10.2. The largest absolute Gasteiger partial charge is 0.488 e. The predicted molar refractivity (Wildman–Crippen MR) is 177 cm³/mol. The highest BCUT2D eigenvalue weighted by molar-refractivity contribution is 6.05. The monoisotopic (exact) mass is 669 g/mol. The van der Waals surface area contributed by atoms with E-state index in [-0.39, 0.29) is 36.4 Å². The highest BCUT2D eigenvalue weighted by Gasteiger charge is 2.32. The predicted octanol–water partition coefficient (Wildman–Crippen LogP) is 5.08. The Bertz CT molecular complexity index is 1580. The van der Waals surface area contributed by atoms with Crippen LogP contribution in [0.1, 0.15) is 48.2 Å². The summed E-state index contributed by atoms with van der Waals surface area (Å²) >= 11 is 0. The number of nitrogens with one attached hydrogen (secondary N) is 2. The average molecular weight is 670 g/mol. The molecule has 0 saturated heterocycles. The molecule has 1 aliphatic heterocycles. The number of aliphatic hydroxyl groups is 1. The van der Waals surface area contributed by atoms with Crippen LogP contribution in [0.3, 0.4) is 0 Å². The Balaban J connectivity index is 1.48. The third-order valence-corrected chi connectivity index (χ3v) is 8.21. The van der Waals surface area contributed by atoms with Crippen molar-refractivity contribution < 1.29 is 37.4 Å². The molecule has 0 unspecified atom stereocenters. The number of para-hydroxylation sites is 2. The van der Waals surface area contributed by atoms with E-state index in [1.165, 1.54) is 6.07 Å². The van der Waals surface area contributed by atoms with Crippen molar-refractivity contribution in [1.29, 1.82) is 0 Å². The number of hydrogen-bond donors (Lipinski definition) is 4. The standard InChI is InChI=1S/C35H42F3N5O5/c1-22-18-43(23(2)21-44)33(46)17-26-16-27(40-32(45)14-15-35(36,37)38)12-13-30(26)48-31(22)20-42(3)19-24-8-10-25(11-9-24)34(47)41-29-7-5-4-6-28(29)39/h4-13,16,22-23,31,44H,14-15,17-21,39H2,1-3H3,(H,40,45)(H,41,47)/t22-,23+,31+/m1/s1. The Hall–Kier alpha value is -4.62. The normalized spacial score (nSPS) is 17.4. The van der Waals surface area contributed by atoms with Crippen LogP contribution in [0.2, 0.25) is 0 Å². The number of likely N-dealkylation sites (N-methyl/N-ethyl adjacent to an activating group) is 1. The summed E-state index contributed by atoms with van der Waals surface area (Å²) in [6, 6.07) is 18.5. The number of fused-ring (bicyclic) bond motifs is 1. The van der Waals surface area contributed by atoms with Crippen LogP contribution in [0, 0.1) is 5.92 Å². The van der Waals surface area contributed by atoms with Gasteiger partial charge in [0, 0.05) is 48.8 Å². The van der Waals surface area contributed by atoms with Crippen molar-refractivity contribution in [3.05, 3.63) is 83.4 Å². The second-order valence-electron chi connectivity index (χ2n) is 12.3. The number of carbonyl (C=O) groups excluding carboxylic acids is 3. The molecular weight excluding hydrogens is 627 g/mol. The maximum Gasteiger partial charge on any atom is 0.389 e. The summed E-state index contributed by atoms with van der Waals surface area (Å²) < 4.78 is 44.3. The van der Waals surface area contributed by atoms with E-state index < -0.39 is 37.1 Å². The molecule has 258 valence electrons. The summed E-state index contributed by atoms with van der Waals surface area (Å²) in [4.78, 5) is 42.0. The average Bonchev–Trinajstić information content (AvgIpc) is 3.08. The summed E-state index contributed by atoms with van der Waals surface area (Å²) in [6.07, 6.45) is -6.90. The zero-order chi connectivity index (χ0) is 35.0. The number of aliphatic hydroxyl groups excluding tert-OH is 1. The first-order chi connectivity index (χ1) is 22.7. The maximum absolute atomic E-state index is 13.4. The number of ether oxygens (including phenoxy) is 1. The lowest BCUT2D eigenvalue weighted by Crippen LogP contribution is -2.47. The lowest BCUT2D eigenvalue weighted by atomic mass is 10.0. The van der Waals surface area contributed by atoms with Gasteiger partial charge in [0.2, 0.25) is 11.8 Å². The van der Waals surface area contributed by atoms with Gasteiger partial charge in [-0.05, 0) is 62.0 Å². The number of halogens is 3. The first-order valence-corrected chi connectivity index (χ1v) is 15.7. The number of anilines is 3. The molecule has 3 aromatic rings. The van der Waals surface area contributed by atoms with Crippen molar-refractivity contribution in [3.8, 4) is 5.75 Å². The number of nitrogen functional groups attached to an aromatic ring is 1. The molecule has 3 amide bonds. The molecule has 0 spiro atoms. The van der Waals surface area contributed by atoms with Gasteiger partial charge in [-0.1, -0.05) is 31.2 Å². The molecule has 4 rings (SSSR count). The summed E-state index contributed by atoms with van der Waals surface area (Å²) in [5, 5.41) is 15.2. The number of amides is 3. The molecule has 0 radical (unpaired) electrons. The van der Waals surface area contributed by atoms with Crippen molar-refractivity contribution in [1.82, 2.24) is 9.80 Å². The Morgan fingerprint density at radius 2 is 1.81 bits per heavy atom. The van der Waals surface area contributed by atoms with Crippen LogP contribution in [-0.2, 0) is 22.6 Å². The Labute approximate surface area is 278 Å². The van der Waals surface area contributed by atoms with E-state index in [0.29, 0.717) is 47.9 Å². The minimum atomic E-state index is -4.45. The second-order valence-corrected chi connectivity index (χ2v) is 12.3. The molecule has 13 heteroatoms.